The van der Waals surface area contributed by atoms with E-state index in [0.717, 1.165) is 0 Å². The summed E-state index contributed by atoms with van der Waals surface area (Å²) >= 11 is 0. The number of rotatable bonds is 10. The number of aromatic nitrogens is 4. The summed E-state index contributed by atoms with van der Waals surface area (Å²) in [5.41, 5.74) is 2.54. The van der Waals surface area contributed by atoms with Gasteiger partial charge in [-0.25, -0.2) is 19.3 Å². The summed E-state index contributed by atoms with van der Waals surface area (Å²) in [5, 5.41) is 2.78. The fourth-order valence-electron chi connectivity index (χ4n) is 3.33. The maximum absolute atomic E-state index is 13.7. The number of nitrogens with one attached hydrogen (secondary N) is 1. The van der Waals surface area contributed by atoms with Crippen molar-refractivity contribution in [3.63, 3.8) is 0 Å². The van der Waals surface area contributed by atoms with Crippen molar-refractivity contribution in [2.45, 2.75) is 51.7 Å². The minimum atomic E-state index is -0.596. The molecule has 0 saturated carbocycles. The lowest BCUT2D eigenvalue weighted by molar-refractivity contribution is 0.0537. The molecule has 3 aromatic rings. The summed E-state index contributed by atoms with van der Waals surface area (Å²) in [5.74, 6) is 0.0364. The number of anilines is 1. The maximum atomic E-state index is 13.7. The average molecular weight is 445 g/mol. The van der Waals surface area contributed by atoms with Crippen LogP contribution in [0.3, 0.4) is 0 Å². The number of fused-ring (bicyclic) bond motifs is 1. The van der Waals surface area contributed by atoms with E-state index >= 15 is 0 Å². The van der Waals surface area contributed by atoms with Crippen molar-refractivity contribution in [2.75, 3.05) is 18.3 Å². The Morgan fingerprint density at radius 1 is 1.13 bits per heavy atom. The van der Waals surface area contributed by atoms with Gasteiger partial charge in [0.25, 0.3) is 5.91 Å². The van der Waals surface area contributed by atoms with Crippen LogP contribution in [0.2, 0.25) is 0 Å². The van der Waals surface area contributed by atoms with Crippen LogP contribution in [0.5, 0.6) is 0 Å². The average Bonchev–Trinajstić information content (AvgIpc) is 3.17. The van der Waals surface area contributed by atoms with Crippen LogP contribution < -0.4 is 5.32 Å². The first-order valence-corrected chi connectivity index (χ1v) is 12.0. The lowest BCUT2D eigenvalue weighted by atomic mass is 10.2. The molecule has 7 nitrogen and oxygen atoms in total. The molecule has 2 heterocycles. The Bertz CT molecular complexity index is 988. The van der Waals surface area contributed by atoms with E-state index in [1.807, 2.05) is 6.07 Å². The molecule has 0 spiro atoms. The molecule has 31 heavy (non-hydrogen) atoms. The van der Waals surface area contributed by atoms with Crippen LogP contribution in [0.25, 0.3) is 11.2 Å². The van der Waals surface area contributed by atoms with Crippen LogP contribution in [0.4, 0.5) is 10.2 Å². The number of carbonyl (C=O) groups excluding carboxylic acids is 1. The third-order valence-electron chi connectivity index (χ3n) is 5.03. The highest BCUT2D eigenvalue weighted by Gasteiger charge is 2.21. The Kier molecular flexibility index (Phi) is 8.04. The number of nitrogens with zero attached hydrogens (tertiary/aromatic N) is 4. The van der Waals surface area contributed by atoms with Gasteiger partial charge in [-0.1, -0.05) is 53.8 Å². The molecule has 1 atom stereocenters. The summed E-state index contributed by atoms with van der Waals surface area (Å²) < 4.78 is 21.4. The van der Waals surface area contributed by atoms with Crippen LogP contribution in [0, 0.1) is 0 Å². The Labute approximate surface area is 183 Å². The number of ether oxygens (including phenoxy) is 1. The van der Waals surface area contributed by atoms with Gasteiger partial charge in [-0.2, -0.15) is 0 Å². The Balaban J connectivity index is 1.73. The molecule has 3 rings (SSSR count). The van der Waals surface area contributed by atoms with E-state index in [2.05, 4.69) is 48.0 Å². The molecule has 0 bridgehead atoms. The highest BCUT2D eigenvalue weighted by molar-refractivity contribution is 7.58. The largest absolute Gasteiger partial charge is 0.369 e. The highest BCUT2D eigenvalue weighted by Crippen LogP contribution is 2.46. The zero-order valence-electron chi connectivity index (χ0n) is 18.3. The van der Waals surface area contributed by atoms with Crippen molar-refractivity contribution < 1.29 is 13.9 Å². The predicted molar refractivity (Wildman–Crippen MR) is 123 cm³/mol. The van der Waals surface area contributed by atoms with E-state index in [4.69, 9.17) is 4.74 Å². The summed E-state index contributed by atoms with van der Waals surface area (Å²) in [6.07, 6.45) is 2.93. The number of hydrogen-bond acceptors (Lipinski definition) is 5. The van der Waals surface area contributed by atoms with E-state index in [0.29, 0.717) is 40.2 Å². The molecule has 166 valence electrons. The fourth-order valence-corrected chi connectivity index (χ4v) is 5.50. The predicted octanol–water partition coefficient (Wildman–Crippen LogP) is 4.69. The molecule has 2 aromatic heterocycles. The van der Waals surface area contributed by atoms with Crippen LogP contribution in [-0.4, -0.2) is 55.9 Å². The zero-order chi connectivity index (χ0) is 22.4. The van der Waals surface area contributed by atoms with Gasteiger partial charge in [0.05, 0.1) is 19.2 Å². The normalized spacial score (nSPS) is 12.8. The molecule has 1 N–H and O–H groups in total. The van der Waals surface area contributed by atoms with E-state index in [9.17, 15) is 9.18 Å². The third kappa shape index (κ3) is 5.83. The molecule has 0 radical (unpaired) electrons. The fraction of sp³-hybridized carbons (Fsp3) is 0.455. The van der Waals surface area contributed by atoms with Gasteiger partial charge in [0.2, 0.25) is 0 Å². The van der Waals surface area contributed by atoms with Crippen LogP contribution in [0.1, 0.15) is 38.1 Å². The van der Waals surface area contributed by atoms with Gasteiger partial charge >= 0.3 is 0 Å². The maximum Gasteiger partial charge on any atom is 0.256 e. The Morgan fingerprint density at radius 2 is 1.84 bits per heavy atom. The van der Waals surface area contributed by atoms with Gasteiger partial charge in [0.15, 0.2) is 17.0 Å². The molecular weight excluding hydrogens is 416 g/mol. The van der Waals surface area contributed by atoms with Crippen molar-refractivity contribution in [1.82, 2.24) is 19.5 Å². The van der Waals surface area contributed by atoms with Gasteiger partial charge in [-0.15, -0.1) is 0 Å². The minimum Gasteiger partial charge on any atom is -0.369 e. The minimum absolute atomic E-state index is 0.282. The molecule has 0 fully saturated rings. The number of carbonyl (C=O) groups is 1. The molecule has 0 aliphatic rings. The molecule has 9 heteroatoms. The monoisotopic (exact) mass is 445 g/mol. The molecule has 0 aliphatic carbocycles. The lowest BCUT2D eigenvalue weighted by Gasteiger charge is -2.27. The zero-order valence-corrected chi connectivity index (χ0v) is 19.2. The number of benzene rings is 1. The van der Waals surface area contributed by atoms with Gasteiger partial charge in [0, 0.05) is 5.56 Å². The van der Waals surface area contributed by atoms with E-state index in [1.54, 1.807) is 35.2 Å². The first-order chi connectivity index (χ1) is 14.9. The van der Waals surface area contributed by atoms with Gasteiger partial charge < -0.3 is 14.6 Å². The van der Waals surface area contributed by atoms with Gasteiger partial charge in [0.1, 0.15) is 19.1 Å². The van der Waals surface area contributed by atoms with Crippen molar-refractivity contribution in [2.24, 2.45) is 0 Å². The van der Waals surface area contributed by atoms with Crippen LogP contribution >= 0.6 is 7.92 Å². The number of halogens is 1. The quantitative estimate of drug-likeness (QED) is 0.458. The SMILES string of the molecule is CC(C)P(COC(CF)Cn1cnc2c(NC(=O)c3ccccc3)ncnc21)C(C)C. The van der Waals surface area contributed by atoms with E-state index < -0.39 is 12.8 Å². The molecule has 0 saturated heterocycles. The number of amides is 1. The molecule has 0 aliphatic heterocycles. The Morgan fingerprint density at radius 3 is 2.48 bits per heavy atom. The van der Waals surface area contributed by atoms with E-state index in [1.165, 1.54) is 6.33 Å². The number of hydrogen-bond donors (Lipinski definition) is 1. The summed E-state index contributed by atoms with van der Waals surface area (Å²) in [7, 11) is -0.339. The van der Waals surface area contributed by atoms with Crippen LogP contribution in [-0.2, 0) is 11.3 Å². The molecule has 1 aromatic carbocycles. The molecular formula is C22H29FN5O2P. The van der Waals surface area contributed by atoms with Gasteiger partial charge in [-0.3, -0.25) is 4.79 Å². The van der Waals surface area contributed by atoms with Crippen molar-refractivity contribution in [1.29, 1.82) is 0 Å². The van der Waals surface area contributed by atoms with Crippen molar-refractivity contribution in [3.05, 3.63) is 48.5 Å². The van der Waals surface area contributed by atoms with Crippen molar-refractivity contribution in [3.8, 4) is 0 Å². The summed E-state index contributed by atoms with van der Waals surface area (Å²) in [6.45, 7) is 8.43. The topological polar surface area (TPSA) is 81.9 Å². The first kappa shape index (κ1) is 23.2. The number of alkyl halides is 1. The highest BCUT2D eigenvalue weighted by atomic mass is 31.1. The second-order valence-corrected chi connectivity index (χ2v) is 11.2. The number of imidazole rings is 1. The van der Waals surface area contributed by atoms with Crippen LogP contribution in [0.15, 0.2) is 43.0 Å². The first-order valence-electron chi connectivity index (χ1n) is 10.4. The molecule has 1 unspecified atom stereocenters. The van der Waals surface area contributed by atoms with Gasteiger partial charge in [-0.05, 0) is 23.5 Å². The smallest absolute Gasteiger partial charge is 0.256 e. The second kappa shape index (κ2) is 10.7. The van der Waals surface area contributed by atoms with E-state index in [-0.39, 0.29) is 20.4 Å². The Hall–Kier alpha value is -2.44. The standard InChI is InChI=1S/C22H29FN5O2P/c1-15(2)31(16(3)4)14-30-18(10-23)11-28-13-26-19-20(24-12-25-21(19)28)27-22(29)17-8-6-5-7-9-17/h5-9,12-13,15-16,18H,10-11,14H2,1-4H3,(H,24,25,27,29). The summed E-state index contributed by atoms with van der Waals surface area (Å²) in [4.78, 5) is 25.3. The third-order valence-corrected chi connectivity index (χ3v) is 8.13. The lowest BCUT2D eigenvalue weighted by Crippen LogP contribution is -2.24. The summed E-state index contributed by atoms with van der Waals surface area (Å²) in [6, 6.07) is 8.87. The second-order valence-electron chi connectivity index (χ2n) is 7.89. The molecule has 1 amide bonds. The van der Waals surface area contributed by atoms with Crippen molar-refractivity contribution >= 4 is 30.8 Å².